The van der Waals surface area contributed by atoms with E-state index in [1.54, 1.807) is 44.2 Å². The Morgan fingerprint density at radius 3 is 2.08 bits per heavy atom. The van der Waals surface area contributed by atoms with Crippen molar-refractivity contribution in [3.63, 3.8) is 0 Å². The van der Waals surface area contributed by atoms with Crippen molar-refractivity contribution in [1.82, 2.24) is 46.8 Å². The van der Waals surface area contributed by atoms with Gasteiger partial charge in [-0.3, -0.25) is 38.4 Å². The molecule has 12 N–H and O–H groups in total. The molecule has 0 aliphatic carbocycles. The normalized spacial score (nSPS) is 16.5. The number of nitrogens with two attached hydrogens (primary N) is 1. The van der Waals surface area contributed by atoms with E-state index in [0.717, 1.165) is 0 Å². The zero-order chi connectivity index (χ0) is 48.5. The molecule has 0 unspecified atom stereocenters. The summed E-state index contributed by atoms with van der Waals surface area (Å²) >= 11 is 0. The van der Waals surface area contributed by atoms with Crippen molar-refractivity contribution < 1.29 is 58.5 Å². The van der Waals surface area contributed by atoms with Crippen LogP contribution >= 0.6 is 0 Å². The molecule has 0 spiro atoms. The van der Waals surface area contributed by atoms with Gasteiger partial charge < -0.3 is 62.8 Å². The fourth-order valence-electron chi connectivity index (χ4n) is 7.16. The Morgan fingerprint density at radius 2 is 1.45 bits per heavy atom. The van der Waals surface area contributed by atoms with Crippen molar-refractivity contribution in [2.75, 3.05) is 13.1 Å². The average molecular weight is 919 g/mol. The highest BCUT2D eigenvalue weighted by atomic mass is 16.4. The minimum atomic E-state index is -1.43. The summed E-state index contributed by atoms with van der Waals surface area (Å²) in [7, 11) is 0. The van der Waals surface area contributed by atoms with Crippen LogP contribution in [0.1, 0.15) is 63.3 Å². The van der Waals surface area contributed by atoms with E-state index in [0.29, 0.717) is 29.7 Å². The quantitative estimate of drug-likeness (QED) is 0.0494. The third-order valence-corrected chi connectivity index (χ3v) is 11.1. The third kappa shape index (κ3) is 15.4. The van der Waals surface area contributed by atoms with Gasteiger partial charge in [-0.1, -0.05) is 62.7 Å². The van der Waals surface area contributed by atoms with Gasteiger partial charge in [0.25, 0.3) is 0 Å². The minimum absolute atomic E-state index is 0.00871. The van der Waals surface area contributed by atoms with Gasteiger partial charge in [-0.2, -0.15) is 0 Å². The maximum Gasteiger partial charge on any atom is 0.326 e. The fourth-order valence-corrected chi connectivity index (χ4v) is 7.16. The predicted octanol–water partition coefficient (Wildman–Crippen LogP) is -1.37. The van der Waals surface area contributed by atoms with Gasteiger partial charge in [-0.05, 0) is 48.9 Å². The molecule has 2 aromatic carbocycles. The monoisotopic (exact) mass is 918 g/mol. The number of aromatic nitrogens is 2. The van der Waals surface area contributed by atoms with Gasteiger partial charge >= 0.3 is 11.9 Å². The molecule has 1 aliphatic rings. The first-order valence-electron chi connectivity index (χ1n) is 21.4. The Balaban J connectivity index is 1.50. The number of aromatic hydroxyl groups is 1. The lowest BCUT2D eigenvalue weighted by atomic mass is 9.96. The van der Waals surface area contributed by atoms with E-state index in [2.05, 4.69) is 41.9 Å². The zero-order valence-corrected chi connectivity index (χ0v) is 36.8. The lowest BCUT2D eigenvalue weighted by molar-refractivity contribution is -0.145. The molecule has 1 fully saturated rings. The first kappa shape index (κ1) is 51.3. The van der Waals surface area contributed by atoms with Crippen molar-refractivity contribution in [3.05, 3.63) is 83.9 Å². The highest BCUT2D eigenvalue weighted by Crippen LogP contribution is 2.21. The number of imidazole rings is 1. The van der Waals surface area contributed by atoms with Gasteiger partial charge in [0, 0.05) is 37.7 Å². The van der Waals surface area contributed by atoms with Crippen LogP contribution in [0.15, 0.2) is 67.1 Å². The van der Waals surface area contributed by atoms with Gasteiger partial charge in [0.2, 0.25) is 41.4 Å². The molecule has 22 heteroatoms. The number of hydrogen-bond donors (Lipinski definition) is 11. The fraction of sp³-hybridized carbons (Fsp3) is 0.455. The van der Waals surface area contributed by atoms with Gasteiger partial charge in [0.05, 0.1) is 25.3 Å². The standard InChI is InChI=1S/C44H58N10O12/c1-4-24(2)37(53-40(61)31(17-27-12-14-29(55)15-13-27)50-35(56)22-47-38(59)25(3)49-39(60)30(45)20-36(57)58)42(63)51-32(19-28-21-46-23-48-28)43(64)54-16-8-11-34(54)41(62)52-33(44(65)66)18-26-9-6-5-7-10-26/h5-7,9-10,12-15,21,23-25,30-34,37,55H,4,8,11,16-20,22,45H2,1-3H3,(H,46,48)(H,47,59)(H,49,60)(H,50,56)(H,51,63)(H,52,62)(H,53,61)(H,57,58)(H,65,66)/t24-,25-,30-,31-,32-,33-,34-,37-/m0/s1. The van der Waals surface area contributed by atoms with Crippen LogP contribution in [0.3, 0.4) is 0 Å². The van der Waals surface area contributed by atoms with Crippen molar-refractivity contribution in [2.24, 2.45) is 11.7 Å². The number of carbonyl (C=O) groups is 9. The van der Waals surface area contributed by atoms with Crippen LogP contribution in [-0.2, 0) is 62.4 Å². The topological polar surface area (TPSA) is 344 Å². The Morgan fingerprint density at radius 1 is 0.788 bits per heavy atom. The molecule has 1 saturated heterocycles. The molecule has 66 heavy (non-hydrogen) atoms. The number of nitrogens with one attached hydrogen (secondary N) is 7. The number of carbonyl (C=O) groups excluding carboxylic acids is 7. The zero-order valence-electron chi connectivity index (χ0n) is 36.8. The lowest BCUT2D eigenvalue weighted by Gasteiger charge is -2.31. The van der Waals surface area contributed by atoms with E-state index >= 15 is 0 Å². The molecule has 2 heterocycles. The van der Waals surface area contributed by atoms with E-state index in [1.165, 1.54) is 48.6 Å². The third-order valence-electron chi connectivity index (χ3n) is 11.1. The van der Waals surface area contributed by atoms with Crippen LogP contribution in [0.2, 0.25) is 0 Å². The molecule has 0 saturated carbocycles. The summed E-state index contributed by atoms with van der Waals surface area (Å²) in [5.74, 6) is -8.59. The second-order valence-corrected chi connectivity index (χ2v) is 16.1. The lowest BCUT2D eigenvalue weighted by Crippen LogP contribution is -2.60. The van der Waals surface area contributed by atoms with Crippen molar-refractivity contribution >= 4 is 53.3 Å². The van der Waals surface area contributed by atoms with Crippen LogP contribution in [0, 0.1) is 5.92 Å². The second-order valence-electron chi connectivity index (χ2n) is 16.1. The number of carboxylic acids is 2. The number of aromatic amines is 1. The number of benzene rings is 2. The summed E-state index contributed by atoms with van der Waals surface area (Å²) in [6.45, 7) is 4.25. The highest BCUT2D eigenvalue weighted by molar-refractivity contribution is 5.97. The van der Waals surface area contributed by atoms with Crippen molar-refractivity contribution in [3.8, 4) is 5.75 Å². The molecule has 356 valence electrons. The number of likely N-dealkylation sites (tertiary alicyclic amines) is 1. The smallest absolute Gasteiger partial charge is 0.326 e. The molecule has 8 atom stereocenters. The highest BCUT2D eigenvalue weighted by Gasteiger charge is 2.40. The predicted molar refractivity (Wildman–Crippen MR) is 235 cm³/mol. The van der Waals surface area contributed by atoms with Crippen LogP contribution < -0.4 is 37.6 Å². The van der Waals surface area contributed by atoms with E-state index < -0.39 is 114 Å². The maximum atomic E-state index is 14.4. The van der Waals surface area contributed by atoms with Crippen LogP contribution in [0.5, 0.6) is 5.75 Å². The van der Waals surface area contributed by atoms with E-state index in [-0.39, 0.29) is 38.0 Å². The number of carboxylic acid groups (broad SMARTS) is 2. The number of nitrogens with zero attached hydrogens (tertiary/aromatic N) is 2. The summed E-state index contributed by atoms with van der Waals surface area (Å²) in [5, 5.41) is 43.9. The number of amides is 7. The largest absolute Gasteiger partial charge is 0.508 e. The Bertz CT molecular complexity index is 2170. The van der Waals surface area contributed by atoms with Crippen molar-refractivity contribution in [1.29, 1.82) is 0 Å². The molecule has 0 radical (unpaired) electrons. The number of rotatable bonds is 24. The summed E-state index contributed by atoms with van der Waals surface area (Å²) < 4.78 is 0. The van der Waals surface area contributed by atoms with Crippen LogP contribution in [-0.4, -0.2) is 139 Å². The molecular formula is C44H58N10O12. The summed E-state index contributed by atoms with van der Waals surface area (Å²) in [4.78, 5) is 126. The molecule has 4 rings (SSSR count). The summed E-state index contributed by atoms with van der Waals surface area (Å²) in [5.41, 5.74) is 7.21. The molecule has 1 aliphatic heterocycles. The van der Waals surface area contributed by atoms with Gasteiger partial charge in [0.15, 0.2) is 0 Å². The molecular weight excluding hydrogens is 861 g/mol. The molecule has 0 bridgehead atoms. The van der Waals surface area contributed by atoms with Crippen LogP contribution in [0.4, 0.5) is 0 Å². The average Bonchev–Trinajstić information content (AvgIpc) is 4.00. The molecule has 1 aromatic heterocycles. The number of phenolic OH excluding ortho intramolecular Hbond substituents is 1. The molecule has 3 aromatic rings. The minimum Gasteiger partial charge on any atom is -0.508 e. The number of aliphatic carboxylic acids is 2. The first-order valence-corrected chi connectivity index (χ1v) is 21.4. The Labute approximate surface area is 380 Å². The van der Waals surface area contributed by atoms with Gasteiger partial charge in [-0.15, -0.1) is 0 Å². The maximum absolute atomic E-state index is 14.4. The SMILES string of the molecule is CC[C@H](C)[C@H](NC(=O)[C@H](Cc1ccc(O)cc1)NC(=O)CNC(=O)[C@H](C)NC(=O)[C@@H](N)CC(=O)O)C(=O)N[C@@H](Cc1cnc[nH]1)C(=O)N1CCC[C@H]1C(=O)N[C@@H](Cc1ccccc1)C(=O)O. The first-order chi connectivity index (χ1) is 31.4. The summed E-state index contributed by atoms with van der Waals surface area (Å²) in [6, 6.07) is 5.66. The number of H-pyrrole nitrogens is 1. The number of phenols is 1. The van der Waals surface area contributed by atoms with Crippen molar-refractivity contribution in [2.45, 2.75) is 108 Å². The van der Waals surface area contributed by atoms with E-state index in [9.17, 15) is 53.4 Å². The van der Waals surface area contributed by atoms with Crippen LogP contribution in [0.25, 0.3) is 0 Å². The van der Waals surface area contributed by atoms with E-state index in [4.69, 9.17) is 10.8 Å². The van der Waals surface area contributed by atoms with Gasteiger partial charge in [0.1, 0.15) is 42.0 Å². The number of hydrogen-bond acceptors (Lipinski definition) is 12. The molecule has 22 nitrogen and oxygen atoms in total. The summed E-state index contributed by atoms with van der Waals surface area (Å²) in [6.07, 6.45) is 2.99. The second kappa shape index (κ2) is 24.6. The van der Waals surface area contributed by atoms with Gasteiger partial charge in [-0.25, -0.2) is 9.78 Å². The Hall–Kier alpha value is -7.36. The molecule has 7 amide bonds. The van der Waals surface area contributed by atoms with E-state index in [1.807, 2.05) is 0 Å². The Kier molecular flexibility index (Phi) is 19.1.